The Morgan fingerprint density at radius 3 is 1.91 bits per heavy atom. The van der Waals surface area contributed by atoms with Crippen LogP contribution in [0.1, 0.15) is 67.7 Å². The van der Waals surface area contributed by atoms with Crippen LogP contribution in [0.5, 0.6) is 0 Å². The van der Waals surface area contributed by atoms with E-state index in [1.807, 2.05) is 41.5 Å². The molecule has 0 unspecified atom stereocenters. The first kappa shape index (κ1) is 20.4. The van der Waals surface area contributed by atoms with Gasteiger partial charge >= 0.3 is 0 Å². The van der Waals surface area contributed by atoms with Crippen molar-refractivity contribution in [2.24, 2.45) is 0 Å². The molecule has 0 spiro atoms. The summed E-state index contributed by atoms with van der Waals surface area (Å²) in [5.74, 6) is 0. The van der Waals surface area contributed by atoms with E-state index in [-0.39, 0.29) is 12.1 Å². The SMILES string of the molecule is C=C[C@@H]1[C@@H](CC/C=C/CC)N(C(C)(C)C)S(=O)(=O)N1C(C)(C)C. The van der Waals surface area contributed by atoms with E-state index < -0.39 is 21.3 Å². The molecule has 1 aliphatic rings. The third-order valence-corrected chi connectivity index (χ3v) is 6.66. The Morgan fingerprint density at radius 1 is 1.00 bits per heavy atom. The number of hydrogen-bond acceptors (Lipinski definition) is 2. The summed E-state index contributed by atoms with van der Waals surface area (Å²) in [6, 6.07) is -0.285. The van der Waals surface area contributed by atoms with E-state index in [2.05, 4.69) is 25.7 Å². The Morgan fingerprint density at radius 2 is 1.52 bits per heavy atom. The summed E-state index contributed by atoms with van der Waals surface area (Å²) < 4.78 is 29.8. The largest absolute Gasteiger partial charge is 0.283 e. The molecule has 0 amide bonds. The lowest BCUT2D eigenvalue weighted by molar-refractivity contribution is 0.169. The highest BCUT2D eigenvalue weighted by molar-refractivity contribution is 7.87. The molecule has 0 saturated carbocycles. The highest BCUT2D eigenvalue weighted by Gasteiger charge is 2.56. The molecule has 5 heteroatoms. The van der Waals surface area contributed by atoms with Crippen LogP contribution >= 0.6 is 0 Å². The van der Waals surface area contributed by atoms with E-state index in [4.69, 9.17) is 0 Å². The molecular weight excluding hydrogens is 308 g/mol. The predicted octanol–water partition coefficient (Wildman–Crippen LogP) is 4.12. The number of hydrogen-bond donors (Lipinski definition) is 0. The Labute approximate surface area is 143 Å². The molecule has 0 N–H and O–H groups in total. The zero-order valence-corrected chi connectivity index (χ0v) is 16.7. The molecule has 2 atom stereocenters. The normalized spacial score (nSPS) is 26.9. The smallest absolute Gasteiger partial charge is 0.195 e. The van der Waals surface area contributed by atoms with E-state index in [1.54, 1.807) is 14.7 Å². The molecule has 0 aromatic carbocycles. The molecule has 1 rings (SSSR count). The molecule has 1 heterocycles. The van der Waals surface area contributed by atoms with E-state index in [0.717, 1.165) is 19.3 Å². The van der Waals surface area contributed by atoms with Crippen molar-refractivity contribution in [2.75, 3.05) is 0 Å². The van der Waals surface area contributed by atoms with Crippen molar-refractivity contribution in [1.29, 1.82) is 0 Å². The lowest BCUT2D eigenvalue weighted by Gasteiger charge is -2.36. The lowest BCUT2D eigenvalue weighted by Crippen LogP contribution is -2.50. The zero-order valence-electron chi connectivity index (χ0n) is 15.8. The van der Waals surface area contributed by atoms with Crippen molar-refractivity contribution in [2.45, 2.75) is 90.9 Å². The standard InChI is InChI=1S/C18H34N2O2S/c1-9-11-12-13-14-16-15(10-2)19(17(3,4)5)23(21,22)20(16)18(6,7)8/h10-12,15-16H,2,9,13-14H2,1,3-8H3/b12-11+/t15-,16-/m1/s1. The molecule has 0 bridgehead atoms. The molecule has 1 aliphatic heterocycles. The maximum Gasteiger partial charge on any atom is 0.283 e. The quantitative estimate of drug-likeness (QED) is 0.705. The second-order valence-electron chi connectivity index (χ2n) is 8.19. The first-order chi connectivity index (χ1) is 10.4. The van der Waals surface area contributed by atoms with E-state index >= 15 is 0 Å². The minimum absolute atomic E-state index is 0.0850. The van der Waals surface area contributed by atoms with Crippen LogP contribution in [-0.2, 0) is 10.2 Å². The van der Waals surface area contributed by atoms with E-state index in [9.17, 15) is 8.42 Å². The van der Waals surface area contributed by atoms with Crippen LogP contribution in [-0.4, -0.2) is 40.2 Å². The van der Waals surface area contributed by atoms with Crippen molar-refractivity contribution >= 4 is 10.2 Å². The summed E-state index contributed by atoms with van der Waals surface area (Å²) in [7, 11) is -3.53. The van der Waals surface area contributed by atoms with Gasteiger partial charge in [-0.25, -0.2) is 0 Å². The first-order valence-electron chi connectivity index (χ1n) is 8.50. The summed E-state index contributed by atoms with van der Waals surface area (Å²) in [4.78, 5) is 0. The second kappa shape index (κ2) is 7.08. The van der Waals surface area contributed by atoms with Crippen molar-refractivity contribution in [3.63, 3.8) is 0 Å². The Hall–Kier alpha value is -0.650. The monoisotopic (exact) mass is 342 g/mol. The van der Waals surface area contributed by atoms with Gasteiger partial charge in [0, 0.05) is 17.1 Å². The van der Waals surface area contributed by atoms with Crippen LogP contribution < -0.4 is 0 Å². The molecule has 4 nitrogen and oxygen atoms in total. The van der Waals surface area contributed by atoms with Crippen LogP contribution in [0.2, 0.25) is 0 Å². The number of rotatable bonds is 5. The molecule has 0 aromatic heterocycles. The summed E-state index contributed by atoms with van der Waals surface area (Å²) in [5, 5.41) is 0. The van der Waals surface area contributed by atoms with Crippen LogP contribution in [0.3, 0.4) is 0 Å². The first-order valence-corrected chi connectivity index (χ1v) is 9.90. The van der Waals surface area contributed by atoms with Crippen LogP contribution in [0.4, 0.5) is 0 Å². The maximum atomic E-state index is 13.2. The minimum Gasteiger partial charge on any atom is -0.195 e. The fraction of sp³-hybridized carbons (Fsp3) is 0.778. The molecule has 1 saturated heterocycles. The molecule has 1 fully saturated rings. The van der Waals surface area contributed by atoms with Crippen LogP contribution in [0.15, 0.2) is 24.8 Å². The highest BCUT2D eigenvalue weighted by Crippen LogP contribution is 2.41. The average molecular weight is 343 g/mol. The van der Waals surface area contributed by atoms with Gasteiger partial charge in [0.05, 0.1) is 6.04 Å². The van der Waals surface area contributed by atoms with Gasteiger partial charge in [-0.1, -0.05) is 25.2 Å². The van der Waals surface area contributed by atoms with Gasteiger partial charge in [-0.15, -0.1) is 6.58 Å². The predicted molar refractivity (Wildman–Crippen MR) is 98.5 cm³/mol. The number of nitrogens with zero attached hydrogens (tertiary/aromatic N) is 2. The van der Waals surface area contributed by atoms with Gasteiger partial charge in [-0.2, -0.15) is 17.0 Å². The molecule has 23 heavy (non-hydrogen) atoms. The topological polar surface area (TPSA) is 40.6 Å². The fourth-order valence-electron chi connectivity index (χ4n) is 3.44. The molecule has 0 aromatic rings. The summed E-state index contributed by atoms with van der Waals surface area (Å²) in [5.41, 5.74) is -0.936. The third-order valence-electron chi connectivity index (χ3n) is 4.06. The molecule has 0 aliphatic carbocycles. The van der Waals surface area contributed by atoms with Gasteiger partial charge < -0.3 is 0 Å². The van der Waals surface area contributed by atoms with Crippen LogP contribution in [0, 0.1) is 0 Å². The van der Waals surface area contributed by atoms with Gasteiger partial charge in [0.1, 0.15) is 0 Å². The Bertz CT molecular complexity index is 538. The van der Waals surface area contributed by atoms with Gasteiger partial charge in [-0.05, 0) is 60.8 Å². The van der Waals surface area contributed by atoms with Gasteiger partial charge in [0.15, 0.2) is 0 Å². The highest BCUT2D eigenvalue weighted by atomic mass is 32.2. The van der Waals surface area contributed by atoms with Crippen LogP contribution in [0.25, 0.3) is 0 Å². The van der Waals surface area contributed by atoms with Crippen molar-refractivity contribution in [3.05, 3.63) is 24.8 Å². The van der Waals surface area contributed by atoms with Crippen molar-refractivity contribution in [1.82, 2.24) is 8.61 Å². The minimum atomic E-state index is -3.53. The summed E-state index contributed by atoms with van der Waals surface area (Å²) >= 11 is 0. The Kier molecular flexibility index (Phi) is 6.27. The average Bonchev–Trinajstić information content (AvgIpc) is 2.60. The second-order valence-corrected chi connectivity index (χ2v) is 9.87. The Balaban J connectivity index is 3.32. The van der Waals surface area contributed by atoms with E-state index in [1.165, 1.54) is 0 Å². The van der Waals surface area contributed by atoms with Gasteiger partial charge in [0.25, 0.3) is 10.2 Å². The van der Waals surface area contributed by atoms with Crippen molar-refractivity contribution in [3.8, 4) is 0 Å². The molecule has 0 radical (unpaired) electrons. The van der Waals surface area contributed by atoms with Gasteiger partial charge in [0.2, 0.25) is 0 Å². The third kappa shape index (κ3) is 4.25. The maximum absolute atomic E-state index is 13.2. The lowest BCUT2D eigenvalue weighted by atomic mass is 9.95. The zero-order chi connectivity index (χ0) is 18.1. The summed E-state index contributed by atoms with van der Waals surface area (Å²) in [6.45, 7) is 17.8. The molecular formula is C18H34N2O2S. The van der Waals surface area contributed by atoms with E-state index in [0.29, 0.717) is 0 Å². The molecule has 134 valence electrons. The fourth-order valence-corrected chi connectivity index (χ4v) is 6.12. The van der Waals surface area contributed by atoms with Gasteiger partial charge in [-0.3, -0.25) is 0 Å². The number of allylic oxidation sites excluding steroid dienone is 2. The summed E-state index contributed by atoms with van der Waals surface area (Å²) in [6.07, 6.45) is 8.76. The van der Waals surface area contributed by atoms with Crippen molar-refractivity contribution < 1.29 is 8.42 Å².